The molecule has 7 rings (SSSR count). The van der Waals surface area contributed by atoms with Crippen LogP contribution in [-0.2, 0) is 4.79 Å². The molecule has 1 unspecified atom stereocenters. The maximum absolute atomic E-state index is 14.2. The van der Waals surface area contributed by atoms with Gasteiger partial charge in [0.05, 0.1) is 11.0 Å². The van der Waals surface area contributed by atoms with Crippen LogP contribution in [0.25, 0.3) is 0 Å². The number of rotatable bonds is 7. The van der Waals surface area contributed by atoms with Gasteiger partial charge in [-0.2, -0.15) is 0 Å². The highest BCUT2D eigenvalue weighted by molar-refractivity contribution is 5.87. The predicted octanol–water partition coefficient (Wildman–Crippen LogP) is 7.34. The molecular formula is C40H61N3O3. The van der Waals surface area contributed by atoms with Crippen molar-refractivity contribution in [3.63, 3.8) is 0 Å². The minimum atomic E-state index is -0.854. The number of carboxylic acids is 1. The van der Waals surface area contributed by atoms with Gasteiger partial charge in [0.25, 0.3) is 0 Å². The van der Waals surface area contributed by atoms with Crippen LogP contribution in [-0.4, -0.2) is 60.1 Å². The summed E-state index contributed by atoms with van der Waals surface area (Å²) in [6.07, 6.45) is 11.9. The van der Waals surface area contributed by atoms with E-state index in [4.69, 9.17) is 0 Å². The van der Waals surface area contributed by atoms with E-state index in [9.17, 15) is 14.7 Å². The highest BCUT2D eigenvalue weighted by Crippen LogP contribution is 2.80. The Balaban J connectivity index is 1.19. The molecule has 46 heavy (non-hydrogen) atoms. The first-order valence-corrected chi connectivity index (χ1v) is 18.7. The van der Waals surface area contributed by atoms with Gasteiger partial charge in [0.1, 0.15) is 0 Å². The van der Waals surface area contributed by atoms with E-state index in [2.05, 4.69) is 83.3 Å². The number of amides is 1. The summed E-state index contributed by atoms with van der Waals surface area (Å²) in [6, 6.07) is 7.74. The third-order valence-corrected chi connectivity index (χ3v) is 16.6. The molecule has 6 heteroatoms. The average molecular weight is 632 g/mol. The Morgan fingerprint density at radius 3 is 2.24 bits per heavy atom. The fraction of sp³-hybridized carbons (Fsp3) is 0.800. The molecule has 1 aromatic rings. The highest BCUT2D eigenvalue weighted by atomic mass is 16.4. The Kier molecular flexibility index (Phi) is 7.47. The Hall–Kier alpha value is -1.92. The monoisotopic (exact) mass is 631 g/mol. The molecule has 6 aliphatic rings. The summed E-state index contributed by atoms with van der Waals surface area (Å²) in [7, 11) is 4.17. The summed E-state index contributed by atoms with van der Waals surface area (Å²) in [5, 5.41) is 17.1. The van der Waals surface area contributed by atoms with E-state index in [0.717, 1.165) is 32.4 Å². The molecule has 0 aromatic heterocycles. The minimum absolute atomic E-state index is 0.0460. The summed E-state index contributed by atoms with van der Waals surface area (Å²) in [6.45, 7) is 17.0. The molecule has 5 aliphatic carbocycles. The van der Waals surface area contributed by atoms with Crippen molar-refractivity contribution < 1.29 is 14.7 Å². The van der Waals surface area contributed by atoms with E-state index >= 15 is 0 Å². The summed E-state index contributed by atoms with van der Waals surface area (Å²) in [5.74, 6) is 2.92. The molecule has 11 atom stereocenters. The van der Waals surface area contributed by atoms with Crippen molar-refractivity contribution in [2.45, 2.75) is 123 Å². The summed E-state index contributed by atoms with van der Waals surface area (Å²) in [5.41, 5.74) is 2.38. The van der Waals surface area contributed by atoms with Gasteiger partial charge in [0.15, 0.2) is 0 Å². The Labute approximate surface area is 278 Å². The molecule has 6 nitrogen and oxygen atoms in total. The minimum Gasteiger partial charge on any atom is -0.478 e. The molecule has 1 aliphatic heterocycles. The van der Waals surface area contributed by atoms with Gasteiger partial charge in [-0.1, -0.05) is 46.8 Å². The summed E-state index contributed by atoms with van der Waals surface area (Å²) in [4.78, 5) is 28.0. The van der Waals surface area contributed by atoms with Crippen molar-refractivity contribution in [2.24, 2.45) is 51.2 Å². The van der Waals surface area contributed by atoms with Crippen LogP contribution in [0, 0.1) is 51.2 Å². The maximum Gasteiger partial charge on any atom is 0.335 e. The van der Waals surface area contributed by atoms with Crippen molar-refractivity contribution in [3.8, 4) is 0 Å². The van der Waals surface area contributed by atoms with E-state index < -0.39 is 5.97 Å². The van der Waals surface area contributed by atoms with Crippen LogP contribution in [0.1, 0.15) is 128 Å². The largest absolute Gasteiger partial charge is 0.478 e. The number of nitrogens with zero attached hydrogens (tertiary/aromatic N) is 1. The SMILES string of the molecule is CC(C)[C@@H]1CC[C@]2(C(=O)NCCN(C)C)CC[C@]3(C)[C@H](CC[C@H]4[C@@]3(C)CC[C@@]35NC3(C)[C@H](c3ccc(C(=O)O)cc3)CC[C@]45C)[C@@H]12. The zero-order valence-corrected chi connectivity index (χ0v) is 30.0. The number of aromatic carboxylic acids is 1. The van der Waals surface area contributed by atoms with E-state index in [1.807, 2.05) is 0 Å². The molecule has 5 saturated carbocycles. The second-order valence-corrected chi connectivity index (χ2v) is 18.4. The van der Waals surface area contributed by atoms with Crippen molar-refractivity contribution in [1.29, 1.82) is 0 Å². The number of nitrogens with one attached hydrogen (secondary N) is 2. The topological polar surface area (TPSA) is 91.6 Å². The van der Waals surface area contributed by atoms with Crippen LogP contribution >= 0.6 is 0 Å². The fourth-order valence-electron chi connectivity index (χ4n) is 14.0. The third kappa shape index (κ3) is 4.07. The van der Waals surface area contributed by atoms with Crippen LogP contribution < -0.4 is 10.6 Å². The first-order valence-electron chi connectivity index (χ1n) is 18.7. The van der Waals surface area contributed by atoms with E-state index in [-0.39, 0.29) is 32.7 Å². The van der Waals surface area contributed by atoms with E-state index in [1.165, 1.54) is 50.5 Å². The highest BCUT2D eigenvalue weighted by Gasteiger charge is 2.82. The number of carboxylic acid groups (broad SMARTS) is 1. The van der Waals surface area contributed by atoms with E-state index in [1.54, 1.807) is 12.1 Å². The van der Waals surface area contributed by atoms with E-state index in [0.29, 0.717) is 47.0 Å². The molecule has 1 heterocycles. The van der Waals surface area contributed by atoms with Crippen LogP contribution in [0.2, 0.25) is 0 Å². The lowest BCUT2D eigenvalue weighted by atomic mass is 9.32. The lowest BCUT2D eigenvalue weighted by Gasteiger charge is -2.71. The standard InChI is InChI=1S/C40H61N3O3/c1-25(2)28-15-18-39(34(46)41-23-24-43(7)8)21-19-35(3)30(32(28)39)13-14-31-36(35,4)20-22-40-37(31,5)17-16-29(38(40,6)42-40)26-9-11-27(12-10-26)33(44)45/h9-12,25,28-32,42H,13-24H2,1-8H3,(H,41,46)(H,44,45)/t28-,29-,30+,31-,32+,35+,36+,37+,38?,39-,40-/m0/s1. The smallest absolute Gasteiger partial charge is 0.335 e. The summed E-state index contributed by atoms with van der Waals surface area (Å²) >= 11 is 0. The molecule has 3 N–H and O–H groups in total. The van der Waals surface area contributed by atoms with Crippen LogP contribution in [0.3, 0.4) is 0 Å². The van der Waals surface area contributed by atoms with Gasteiger partial charge in [-0.25, -0.2) is 4.79 Å². The molecular weight excluding hydrogens is 570 g/mol. The van der Waals surface area contributed by atoms with Gasteiger partial charge >= 0.3 is 5.97 Å². The van der Waals surface area contributed by atoms with Gasteiger partial charge in [-0.3, -0.25) is 4.79 Å². The second-order valence-electron chi connectivity index (χ2n) is 18.4. The first kappa shape index (κ1) is 32.6. The van der Waals surface area contributed by atoms with Gasteiger partial charge in [0.2, 0.25) is 5.91 Å². The zero-order valence-electron chi connectivity index (χ0n) is 30.0. The maximum atomic E-state index is 14.2. The molecule has 0 bridgehead atoms. The molecule has 6 fully saturated rings. The molecule has 1 saturated heterocycles. The number of fused-ring (bicyclic) bond motifs is 6. The molecule has 1 spiro atoms. The predicted molar refractivity (Wildman–Crippen MR) is 184 cm³/mol. The number of benzene rings is 1. The number of hydrogen-bond donors (Lipinski definition) is 3. The number of likely N-dealkylation sites (N-methyl/N-ethyl adjacent to an activating group) is 1. The first-order chi connectivity index (χ1) is 21.6. The Morgan fingerprint density at radius 2 is 1.59 bits per heavy atom. The zero-order chi connectivity index (χ0) is 33.1. The van der Waals surface area contributed by atoms with Crippen molar-refractivity contribution in [2.75, 3.05) is 27.2 Å². The Morgan fingerprint density at radius 1 is 0.891 bits per heavy atom. The molecule has 1 aromatic carbocycles. The lowest BCUT2D eigenvalue weighted by Crippen LogP contribution is -2.68. The molecule has 254 valence electrons. The quantitative estimate of drug-likeness (QED) is 0.274. The normalized spacial score (nSPS) is 47.3. The van der Waals surface area contributed by atoms with Gasteiger partial charge in [-0.05, 0) is 149 Å². The Bertz CT molecular complexity index is 1390. The fourth-order valence-corrected chi connectivity index (χ4v) is 14.0. The second kappa shape index (κ2) is 10.5. The lowest BCUT2D eigenvalue weighted by molar-refractivity contribution is -0.220. The van der Waals surface area contributed by atoms with Crippen molar-refractivity contribution in [1.82, 2.24) is 15.5 Å². The molecule has 0 radical (unpaired) electrons. The van der Waals surface area contributed by atoms with Crippen LogP contribution in [0.4, 0.5) is 0 Å². The number of carbonyl (C=O) groups is 2. The van der Waals surface area contributed by atoms with Crippen molar-refractivity contribution in [3.05, 3.63) is 35.4 Å². The molecule has 1 amide bonds. The van der Waals surface area contributed by atoms with Crippen LogP contribution in [0.5, 0.6) is 0 Å². The number of hydrogen-bond acceptors (Lipinski definition) is 4. The van der Waals surface area contributed by atoms with Crippen LogP contribution in [0.15, 0.2) is 24.3 Å². The van der Waals surface area contributed by atoms with Gasteiger partial charge < -0.3 is 20.6 Å². The number of carbonyl (C=O) groups excluding carboxylic acids is 1. The van der Waals surface area contributed by atoms with Gasteiger partial charge in [-0.15, -0.1) is 0 Å². The third-order valence-electron chi connectivity index (χ3n) is 16.6. The van der Waals surface area contributed by atoms with Crippen molar-refractivity contribution >= 4 is 11.9 Å². The average Bonchev–Trinajstić information content (AvgIpc) is 3.45. The van der Waals surface area contributed by atoms with Gasteiger partial charge in [0, 0.05) is 30.1 Å². The summed E-state index contributed by atoms with van der Waals surface area (Å²) < 4.78 is 0.